The van der Waals surface area contributed by atoms with Gasteiger partial charge in [0.25, 0.3) is 5.91 Å². The number of hydrogen-bond acceptors (Lipinski definition) is 5. The molecule has 31 heavy (non-hydrogen) atoms. The van der Waals surface area contributed by atoms with Crippen LogP contribution in [0.1, 0.15) is 73.6 Å². The molecule has 2 fully saturated rings. The Morgan fingerprint density at radius 3 is 2.23 bits per heavy atom. The molecule has 1 aliphatic heterocycles. The topological polar surface area (TPSA) is 117 Å². The third kappa shape index (κ3) is 6.33. The highest BCUT2D eigenvalue weighted by Crippen LogP contribution is 2.45. The molecule has 0 atom stereocenters. The molecule has 0 aromatic carbocycles. The molecule has 1 saturated heterocycles. The van der Waals surface area contributed by atoms with Gasteiger partial charge in [0.15, 0.2) is 0 Å². The number of alkyl carbamates (subject to hydrolysis) is 1. The van der Waals surface area contributed by atoms with Crippen LogP contribution in [0, 0.1) is 11.3 Å². The summed E-state index contributed by atoms with van der Waals surface area (Å²) < 4.78 is 5.11. The first-order valence-electron chi connectivity index (χ1n) is 11.2. The van der Waals surface area contributed by atoms with Crippen molar-refractivity contribution in [1.82, 2.24) is 20.9 Å². The number of ether oxygens (including phenoxy) is 1. The highest BCUT2D eigenvalue weighted by Gasteiger charge is 2.53. The Labute approximate surface area is 185 Å². The monoisotopic (exact) mass is 438 g/mol. The smallest absolute Gasteiger partial charge is 0.407 e. The summed E-state index contributed by atoms with van der Waals surface area (Å²) in [4.78, 5) is 50.2. The second-order valence-electron chi connectivity index (χ2n) is 10.3. The summed E-state index contributed by atoms with van der Waals surface area (Å²) in [6.45, 7) is 12.0. The second kappa shape index (κ2) is 9.44. The minimum Gasteiger partial charge on any atom is -0.444 e. The minimum atomic E-state index is -0.879. The molecule has 2 rings (SSSR count). The first-order valence-corrected chi connectivity index (χ1v) is 11.2. The van der Waals surface area contributed by atoms with Gasteiger partial charge in [-0.1, -0.05) is 27.2 Å². The van der Waals surface area contributed by atoms with E-state index in [1.54, 1.807) is 20.8 Å². The van der Waals surface area contributed by atoms with Crippen molar-refractivity contribution in [1.29, 1.82) is 0 Å². The molecule has 0 aromatic rings. The number of nitrogens with one attached hydrogen (secondary N) is 3. The molecule has 1 saturated carbocycles. The summed E-state index contributed by atoms with van der Waals surface area (Å²) in [7, 11) is 0. The van der Waals surface area contributed by atoms with Crippen molar-refractivity contribution in [2.24, 2.45) is 11.3 Å². The molecule has 9 nitrogen and oxygen atoms in total. The summed E-state index contributed by atoms with van der Waals surface area (Å²) >= 11 is 0. The average Bonchev–Trinajstić information content (AvgIpc) is 2.88. The maximum Gasteiger partial charge on any atom is 0.407 e. The second-order valence-corrected chi connectivity index (χ2v) is 10.3. The maximum absolute atomic E-state index is 13.0. The number of carbonyl (C=O) groups excluding carboxylic acids is 4. The van der Waals surface area contributed by atoms with Gasteiger partial charge in [0.1, 0.15) is 17.7 Å². The fraction of sp³-hybridized carbons (Fsp3) is 0.818. The Bertz CT molecular complexity index is 705. The zero-order chi connectivity index (χ0) is 23.4. The number of urea groups is 1. The lowest BCUT2D eigenvalue weighted by Gasteiger charge is -2.42. The summed E-state index contributed by atoms with van der Waals surface area (Å²) in [5.74, 6) is -0.248. The third-order valence-corrected chi connectivity index (χ3v) is 6.52. The van der Waals surface area contributed by atoms with E-state index in [4.69, 9.17) is 4.74 Å². The van der Waals surface area contributed by atoms with Crippen LogP contribution in [-0.4, -0.2) is 59.6 Å². The molecule has 1 aliphatic carbocycles. The van der Waals surface area contributed by atoms with Crippen molar-refractivity contribution >= 4 is 23.9 Å². The summed E-state index contributed by atoms with van der Waals surface area (Å²) in [5.41, 5.74) is -1.27. The van der Waals surface area contributed by atoms with Crippen LogP contribution >= 0.6 is 0 Å². The molecular weight excluding hydrogens is 400 g/mol. The van der Waals surface area contributed by atoms with E-state index in [1.165, 1.54) is 0 Å². The largest absolute Gasteiger partial charge is 0.444 e. The highest BCUT2D eigenvalue weighted by molar-refractivity contribution is 6.09. The van der Waals surface area contributed by atoms with E-state index < -0.39 is 29.2 Å². The standard InChI is InChI=1S/C22H38N4O5/c1-7-21(5,6)15-8-10-22(11-9-15)17(28)26(18(29)25-22)14-16(27)23-12-13-24-19(30)31-20(2,3)4/h15H,7-14H2,1-6H3,(H,23,27)(H,24,30)(H,25,29). The van der Waals surface area contributed by atoms with Crippen LogP contribution in [0.25, 0.3) is 0 Å². The van der Waals surface area contributed by atoms with Gasteiger partial charge >= 0.3 is 12.1 Å². The van der Waals surface area contributed by atoms with Crippen molar-refractivity contribution in [2.75, 3.05) is 19.6 Å². The van der Waals surface area contributed by atoms with Crippen LogP contribution in [0.4, 0.5) is 9.59 Å². The van der Waals surface area contributed by atoms with Crippen LogP contribution in [0.3, 0.4) is 0 Å². The van der Waals surface area contributed by atoms with Gasteiger partial charge in [0, 0.05) is 13.1 Å². The fourth-order valence-electron chi connectivity index (χ4n) is 4.22. The highest BCUT2D eigenvalue weighted by atomic mass is 16.6. The predicted molar refractivity (Wildman–Crippen MR) is 116 cm³/mol. The van der Waals surface area contributed by atoms with E-state index in [1.807, 2.05) is 0 Å². The lowest BCUT2D eigenvalue weighted by molar-refractivity contribution is -0.136. The van der Waals surface area contributed by atoms with Crippen molar-refractivity contribution in [3.05, 3.63) is 0 Å². The van der Waals surface area contributed by atoms with Crippen molar-refractivity contribution < 1.29 is 23.9 Å². The van der Waals surface area contributed by atoms with Crippen molar-refractivity contribution in [3.8, 4) is 0 Å². The van der Waals surface area contributed by atoms with E-state index >= 15 is 0 Å². The SMILES string of the molecule is CCC(C)(C)C1CCC2(CC1)NC(=O)N(CC(=O)NCCNC(=O)OC(C)(C)C)C2=O. The molecule has 9 heteroatoms. The van der Waals surface area contributed by atoms with E-state index in [-0.39, 0.29) is 31.0 Å². The van der Waals surface area contributed by atoms with Crippen LogP contribution in [-0.2, 0) is 14.3 Å². The number of rotatable bonds is 7. The molecule has 3 N–H and O–H groups in total. The maximum atomic E-state index is 13.0. The van der Waals surface area contributed by atoms with Gasteiger partial charge in [-0.25, -0.2) is 9.59 Å². The van der Waals surface area contributed by atoms with Gasteiger partial charge in [-0.3, -0.25) is 14.5 Å². The minimum absolute atomic E-state index is 0.167. The quantitative estimate of drug-likeness (QED) is 0.417. The fourth-order valence-corrected chi connectivity index (χ4v) is 4.22. The van der Waals surface area contributed by atoms with E-state index in [0.29, 0.717) is 18.8 Å². The number of amides is 5. The molecule has 1 spiro atoms. The Morgan fingerprint density at radius 1 is 1.10 bits per heavy atom. The van der Waals surface area contributed by atoms with Gasteiger partial charge in [-0.05, 0) is 57.8 Å². The van der Waals surface area contributed by atoms with Gasteiger partial charge in [-0.2, -0.15) is 0 Å². The lowest BCUT2D eigenvalue weighted by atomic mass is 9.65. The molecule has 5 amide bonds. The molecule has 0 bridgehead atoms. The van der Waals surface area contributed by atoms with E-state index in [2.05, 4.69) is 36.7 Å². The molecule has 0 radical (unpaired) electrons. The Balaban J connectivity index is 1.80. The Hall–Kier alpha value is -2.32. The molecular formula is C22H38N4O5. The number of imide groups is 1. The van der Waals surface area contributed by atoms with Crippen molar-refractivity contribution in [3.63, 3.8) is 0 Å². The van der Waals surface area contributed by atoms with E-state index in [9.17, 15) is 19.2 Å². The molecule has 1 heterocycles. The van der Waals surface area contributed by atoms with Crippen LogP contribution in [0.2, 0.25) is 0 Å². The van der Waals surface area contributed by atoms with E-state index in [0.717, 1.165) is 24.2 Å². The molecule has 0 unspecified atom stereocenters. The van der Waals surface area contributed by atoms with Crippen molar-refractivity contribution in [2.45, 2.75) is 84.8 Å². The number of nitrogens with zero attached hydrogens (tertiary/aromatic N) is 1. The first-order chi connectivity index (χ1) is 14.3. The van der Waals surface area contributed by atoms with Crippen LogP contribution < -0.4 is 16.0 Å². The van der Waals surface area contributed by atoms with Gasteiger partial charge in [0.05, 0.1) is 0 Å². The summed E-state index contributed by atoms with van der Waals surface area (Å²) in [6.07, 6.45) is 3.46. The Kier molecular flexibility index (Phi) is 7.60. The van der Waals surface area contributed by atoms with Gasteiger partial charge in [-0.15, -0.1) is 0 Å². The molecule has 176 valence electrons. The first kappa shape index (κ1) is 24.9. The van der Waals surface area contributed by atoms with Crippen LogP contribution in [0.5, 0.6) is 0 Å². The normalized spacial score (nSPS) is 24.2. The summed E-state index contributed by atoms with van der Waals surface area (Å²) in [5, 5.41) is 8.00. The number of hydrogen-bond donors (Lipinski definition) is 3. The number of carbonyl (C=O) groups is 4. The lowest BCUT2D eigenvalue weighted by Crippen LogP contribution is -2.51. The predicted octanol–water partition coefficient (Wildman–Crippen LogP) is 2.54. The Morgan fingerprint density at radius 2 is 1.68 bits per heavy atom. The average molecular weight is 439 g/mol. The summed E-state index contributed by atoms with van der Waals surface area (Å²) in [6, 6.07) is -0.514. The molecule has 0 aromatic heterocycles. The zero-order valence-corrected chi connectivity index (χ0v) is 19.7. The van der Waals surface area contributed by atoms with Gasteiger partial charge < -0.3 is 20.7 Å². The zero-order valence-electron chi connectivity index (χ0n) is 19.7. The molecule has 2 aliphatic rings. The third-order valence-electron chi connectivity index (χ3n) is 6.52. The van der Waals surface area contributed by atoms with Gasteiger partial charge in [0.2, 0.25) is 5.91 Å². The van der Waals surface area contributed by atoms with Crippen LogP contribution in [0.15, 0.2) is 0 Å².